The fourth-order valence-corrected chi connectivity index (χ4v) is 2.06. The Morgan fingerprint density at radius 1 is 0.947 bits per heavy atom. The minimum Gasteiger partial charge on any atom is -0.549 e. The molecule has 0 radical (unpaired) electrons. The van der Waals surface area contributed by atoms with E-state index in [1.807, 2.05) is 0 Å². The molecule has 0 aromatic heterocycles. The topological polar surface area (TPSA) is 80.3 Å². The number of rotatable bonds is 12. The van der Waals surface area contributed by atoms with E-state index in [0.29, 0.717) is 6.42 Å². The number of carbonyl (C=O) groups excluding carboxylic acids is 2. The van der Waals surface area contributed by atoms with Gasteiger partial charge in [-0.25, -0.2) is 0 Å². The summed E-state index contributed by atoms with van der Waals surface area (Å²) in [5.41, 5.74) is -0.386. The van der Waals surface area contributed by atoms with Gasteiger partial charge in [-0.05, 0) is 12.0 Å². The van der Waals surface area contributed by atoms with Crippen LogP contribution < -0.4 is 10.2 Å². The summed E-state index contributed by atoms with van der Waals surface area (Å²) < 4.78 is 0. The Morgan fingerprint density at radius 3 is 1.84 bits per heavy atom. The highest BCUT2D eigenvalue weighted by Gasteiger charge is 2.14. The van der Waals surface area contributed by atoms with Gasteiger partial charge in [-0.2, -0.15) is 0 Å². The van der Waals surface area contributed by atoms with Crippen LogP contribution in [0.3, 0.4) is 0 Å². The first-order valence-corrected chi connectivity index (χ1v) is 7.11. The van der Waals surface area contributed by atoms with E-state index < -0.39 is 17.9 Å². The normalized spacial score (nSPS) is 12.1. The highest BCUT2D eigenvalue weighted by molar-refractivity contribution is 5.91. The van der Waals surface area contributed by atoms with Crippen molar-refractivity contribution in [1.82, 2.24) is 0 Å². The Bertz CT molecular complexity index is 297. The van der Waals surface area contributed by atoms with Gasteiger partial charge in [0.25, 0.3) is 0 Å². The molecule has 0 aliphatic carbocycles. The third-order valence-electron chi connectivity index (χ3n) is 3.31. The zero-order chi connectivity index (χ0) is 14.7. The van der Waals surface area contributed by atoms with Crippen molar-refractivity contribution in [2.24, 2.45) is 5.92 Å². The van der Waals surface area contributed by atoms with Gasteiger partial charge in [0.15, 0.2) is 0 Å². The third kappa shape index (κ3) is 8.41. The largest absolute Gasteiger partial charge is 0.549 e. The first kappa shape index (κ1) is 17.7. The van der Waals surface area contributed by atoms with Crippen molar-refractivity contribution < 1.29 is 19.8 Å². The average Bonchev–Trinajstić information content (AvgIpc) is 2.35. The van der Waals surface area contributed by atoms with Crippen molar-refractivity contribution in [2.75, 3.05) is 0 Å². The average molecular weight is 268 g/mol. The lowest BCUT2D eigenvalue weighted by molar-refractivity contribution is -0.315. The van der Waals surface area contributed by atoms with Crippen LogP contribution in [-0.2, 0) is 9.59 Å². The maximum atomic E-state index is 10.8. The first-order chi connectivity index (χ1) is 9.00. The number of hydrogen-bond acceptors (Lipinski definition) is 4. The molecule has 0 aromatic carbocycles. The molecular weight excluding hydrogens is 244 g/mol. The number of unbranched alkanes of at least 4 members (excludes halogenated alkanes) is 7. The molecule has 0 saturated heterocycles. The molecule has 0 N–H and O–H groups in total. The van der Waals surface area contributed by atoms with Crippen LogP contribution in [0.4, 0.5) is 0 Å². The van der Waals surface area contributed by atoms with E-state index in [2.05, 4.69) is 13.5 Å². The molecule has 1 unspecified atom stereocenters. The Kier molecular flexibility index (Phi) is 9.85. The summed E-state index contributed by atoms with van der Waals surface area (Å²) in [7, 11) is 0. The molecular formula is C15H24O4-2. The molecule has 0 spiro atoms. The van der Waals surface area contributed by atoms with Crippen molar-refractivity contribution in [2.45, 2.75) is 64.7 Å². The second kappa shape index (κ2) is 10.6. The predicted octanol–water partition coefficient (Wildman–Crippen LogP) is 1.19. The van der Waals surface area contributed by atoms with E-state index in [4.69, 9.17) is 0 Å². The molecule has 0 saturated carbocycles. The molecule has 0 aliphatic rings. The maximum Gasteiger partial charge on any atom is 0.0675 e. The lowest BCUT2D eigenvalue weighted by Crippen LogP contribution is -2.38. The fourth-order valence-electron chi connectivity index (χ4n) is 2.06. The van der Waals surface area contributed by atoms with Gasteiger partial charge in [0.05, 0.1) is 5.97 Å². The van der Waals surface area contributed by atoms with E-state index in [-0.39, 0.29) is 12.0 Å². The van der Waals surface area contributed by atoms with Crippen LogP contribution in [0, 0.1) is 5.92 Å². The van der Waals surface area contributed by atoms with Crippen LogP contribution in [0.2, 0.25) is 0 Å². The monoisotopic (exact) mass is 268 g/mol. The minimum atomic E-state index is -1.51. The SMILES string of the molecule is C=C(C(=O)[O-])C(CCCCCCCCCC)C(=O)[O-]. The lowest BCUT2D eigenvalue weighted by Gasteiger charge is -2.21. The standard InChI is InChI=1S/C15H26O4/c1-3-4-5-6-7-8-9-10-11-13(15(18)19)12(2)14(16)17/h13H,2-11H2,1H3,(H,16,17)(H,18,19)/p-2. The van der Waals surface area contributed by atoms with E-state index in [9.17, 15) is 19.8 Å². The Labute approximate surface area is 115 Å². The summed E-state index contributed by atoms with van der Waals surface area (Å²) in [6, 6.07) is 0. The number of carbonyl (C=O) groups is 2. The van der Waals surface area contributed by atoms with Crippen LogP contribution in [-0.4, -0.2) is 11.9 Å². The number of carboxylic acids is 2. The van der Waals surface area contributed by atoms with Crippen molar-refractivity contribution in [3.8, 4) is 0 Å². The molecule has 4 nitrogen and oxygen atoms in total. The van der Waals surface area contributed by atoms with Crippen LogP contribution >= 0.6 is 0 Å². The van der Waals surface area contributed by atoms with E-state index in [1.54, 1.807) is 0 Å². The van der Waals surface area contributed by atoms with Crippen LogP contribution in [0.25, 0.3) is 0 Å². The minimum absolute atomic E-state index is 0.268. The highest BCUT2D eigenvalue weighted by atomic mass is 16.4. The summed E-state index contributed by atoms with van der Waals surface area (Å²) in [5.74, 6) is -4.00. The van der Waals surface area contributed by atoms with Gasteiger partial charge >= 0.3 is 0 Å². The van der Waals surface area contributed by atoms with Gasteiger partial charge in [-0.15, -0.1) is 0 Å². The van der Waals surface area contributed by atoms with Crippen molar-refractivity contribution in [3.63, 3.8) is 0 Å². The van der Waals surface area contributed by atoms with E-state index in [1.165, 1.54) is 25.7 Å². The maximum absolute atomic E-state index is 10.8. The van der Waals surface area contributed by atoms with Crippen LogP contribution in [0.15, 0.2) is 12.2 Å². The van der Waals surface area contributed by atoms with Crippen LogP contribution in [0.5, 0.6) is 0 Å². The molecule has 110 valence electrons. The molecule has 19 heavy (non-hydrogen) atoms. The van der Waals surface area contributed by atoms with Crippen LogP contribution in [0.1, 0.15) is 64.7 Å². The predicted molar refractivity (Wildman–Crippen MR) is 69.9 cm³/mol. The third-order valence-corrected chi connectivity index (χ3v) is 3.31. The molecule has 0 heterocycles. The molecule has 0 aromatic rings. The van der Waals surface area contributed by atoms with Gasteiger partial charge < -0.3 is 19.8 Å². The van der Waals surface area contributed by atoms with E-state index >= 15 is 0 Å². The number of carboxylic acid groups (broad SMARTS) is 2. The molecule has 4 heteroatoms. The Hall–Kier alpha value is -1.32. The van der Waals surface area contributed by atoms with Crippen molar-refractivity contribution >= 4 is 11.9 Å². The molecule has 0 bridgehead atoms. The summed E-state index contributed by atoms with van der Waals surface area (Å²) in [6.45, 7) is 5.41. The van der Waals surface area contributed by atoms with Crippen molar-refractivity contribution in [3.05, 3.63) is 12.2 Å². The zero-order valence-electron chi connectivity index (χ0n) is 11.8. The second-order valence-electron chi connectivity index (χ2n) is 4.95. The Balaban J connectivity index is 3.74. The second-order valence-corrected chi connectivity index (χ2v) is 4.95. The van der Waals surface area contributed by atoms with Gasteiger partial charge in [0.1, 0.15) is 0 Å². The highest BCUT2D eigenvalue weighted by Crippen LogP contribution is 2.18. The molecule has 1 atom stereocenters. The molecule has 0 fully saturated rings. The van der Waals surface area contributed by atoms with Gasteiger partial charge in [0, 0.05) is 11.9 Å². The molecule has 0 amide bonds. The van der Waals surface area contributed by atoms with Gasteiger partial charge in [0.2, 0.25) is 0 Å². The van der Waals surface area contributed by atoms with E-state index in [0.717, 1.165) is 19.3 Å². The van der Waals surface area contributed by atoms with Gasteiger partial charge in [-0.3, -0.25) is 0 Å². The number of hydrogen-bond donors (Lipinski definition) is 0. The fraction of sp³-hybridized carbons (Fsp3) is 0.733. The number of aliphatic carboxylic acids is 2. The summed E-state index contributed by atoms with van der Waals surface area (Å²) >= 11 is 0. The summed E-state index contributed by atoms with van der Waals surface area (Å²) in [4.78, 5) is 21.4. The summed E-state index contributed by atoms with van der Waals surface area (Å²) in [5, 5.41) is 21.4. The molecule has 0 aliphatic heterocycles. The van der Waals surface area contributed by atoms with Gasteiger partial charge in [-0.1, -0.05) is 64.9 Å². The zero-order valence-corrected chi connectivity index (χ0v) is 11.8. The quantitative estimate of drug-likeness (QED) is 0.393. The summed E-state index contributed by atoms with van der Waals surface area (Å²) in [6.07, 6.45) is 9.01. The smallest absolute Gasteiger partial charge is 0.0675 e. The first-order valence-electron chi connectivity index (χ1n) is 7.11. The molecule has 0 rings (SSSR count). The lowest BCUT2D eigenvalue weighted by atomic mass is 9.93. The van der Waals surface area contributed by atoms with Crippen molar-refractivity contribution in [1.29, 1.82) is 0 Å². The Morgan fingerprint density at radius 2 is 1.42 bits per heavy atom.